The number of aliphatic hydroxyl groups is 1. The first kappa shape index (κ1) is 13.5. The van der Waals surface area contributed by atoms with Crippen molar-refractivity contribution in [2.24, 2.45) is 0 Å². The lowest BCUT2D eigenvalue weighted by atomic mass is 9.92. The molecule has 98 valence electrons. The molecule has 19 heavy (non-hydrogen) atoms. The van der Waals surface area contributed by atoms with Gasteiger partial charge in [0, 0.05) is 5.56 Å². The van der Waals surface area contributed by atoms with Crippen molar-refractivity contribution >= 4 is 6.29 Å². The Morgan fingerprint density at radius 2 is 1.74 bits per heavy atom. The molecule has 2 rings (SSSR count). The highest BCUT2D eigenvalue weighted by molar-refractivity contribution is 5.81. The predicted molar refractivity (Wildman–Crippen MR) is 77.4 cm³/mol. The monoisotopic (exact) mass is 254 g/mol. The van der Waals surface area contributed by atoms with Gasteiger partial charge in [0.25, 0.3) is 0 Å². The van der Waals surface area contributed by atoms with Crippen molar-refractivity contribution in [1.82, 2.24) is 0 Å². The third-order valence-electron chi connectivity index (χ3n) is 3.37. The van der Waals surface area contributed by atoms with Crippen molar-refractivity contribution < 1.29 is 9.90 Å². The van der Waals surface area contributed by atoms with E-state index in [1.54, 1.807) is 13.0 Å². The Labute approximate surface area is 113 Å². The topological polar surface area (TPSA) is 37.3 Å². The molecule has 1 atom stereocenters. The van der Waals surface area contributed by atoms with E-state index in [1.807, 2.05) is 18.2 Å². The first-order valence-electron chi connectivity index (χ1n) is 6.37. The predicted octanol–water partition coefficient (Wildman–Crippen LogP) is 3.84. The van der Waals surface area contributed by atoms with Gasteiger partial charge in [0.05, 0.1) is 6.10 Å². The highest BCUT2D eigenvalue weighted by Gasteiger charge is 2.10. The number of rotatable bonds is 3. The summed E-state index contributed by atoms with van der Waals surface area (Å²) in [6, 6.07) is 11.7. The van der Waals surface area contributed by atoms with E-state index in [0.717, 1.165) is 23.0 Å². The molecular formula is C17H18O2. The third kappa shape index (κ3) is 2.74. The van der Waals surface area contributed by atoms with Crippen LogP contribution in [0.4, 0.5) is 0 Å². The normalized spacial score (nSPS) is 12.2. The van der Waals surface area contributed by atoms with E-state index in [4.69, 9.17) is 0 Å². The van der Waals surface area contributed by atoms with Crippen LogP contribution >= 0.6 is 0 Å². The molecule has 0 spiro atoms. The summed E-state index contributed by atoms with van der Waals surface area (Å²) in [5, 5.41) is 9.74. The van der Waals surface area contributed by atoms with Gasteiger partial charge in [-0.15, -0.1) is 0 Å². The van der Waals surface area contributed by atoms with E-state index in [0.29, 0.717) is 5.56 Å². The molecule has 0 aromatic heterocycles. The van der Waals surface area contributed by atoms with Crippen LogP contribution in [0, 0.1) is 13.8 Å². The second-order valence-electron chi connectivity index (χ2n) is 4.95. The number of hydrogen-bond acceptors (Lipinski definition) is 2. The van der Waals surface area contributed by atoms with Crippen molar-refractivity contribution in [2.75, 3.05) is 0 Å². The minimum atomic E-state index is -0.581. The van der Waals surface area contributed by atoms with Gasteiger partial charge in [-0.1, -0.05) is 18.2 Å². The fourth-order valence-electron chi connectivity index (χ4n) is 2.40. The van der Waals surface area contributed by atoms with E-state index in [9.17, 15) is 9.90 Å². The van der Waals surface area contributed by atoms with Gasteiger partial charge in [-0.05, 0) is 66.8 Å². The van der Waals surface area contributed by atoms with Crippen molar-refractivity contribution in [3.05, 3.63) is 58.7 Å². The Morgan fingerprint density at radius 1 is 1.11 bits per heavy atom. The van der Waals surface area contributed by atoms with Crippen LogP contribution in [0.15, 0.2) is 36.4 Å². The average molecular weight is 254 g/mol. The fraction of sp³-hybridized carbons (Fsp3) is 0.235. The summed E-state index contributed by atoms with van der Waals surface area (Å²) in [5.41, 5.74) is 5.81. The lowest BCUT2D eigenvalue weighted by molar-refractivity contribution is 0.112. The van der Waals surface area contributed by atoms with Crippen LogP contribution in [0.2, 0.25) is 0 Å². The van der Waals surface area contributed by atoms with E-state index >= 15 is 0 Å². The zero-order valence-electron chi connectivity index (χ0n) is 11.5. The van der Waals surface area contributed by atoms with Crippen molar-refractivity contribution in [3.8, 4) is 11.1 Å². The van der Waals surface area contributed by atoms with Gasteiger partial charge in [-0.3, -0.25) is 4.79 Å². The number of aldehydes is 1. The Morgan fingerprint density at radius 3 is 2.26 bits per heavy atom. The molecule has 1 unspecified atom stereocenters. The molecule has 0 radical (unpaired) electrons. The summed E-state index contributed by atoms with van der Waals surface area (Å²) in [4.78, 5) is 11.1. The SMILES string of the molecule is Cc1cccc(C)c1-c1cc(C=O)cc(C(C)O)c1. The first-order chi connectivity index (χ1) is 9.02. The average Bonchev–Trinajstić information content (AvgIpc) is 2.38. The first-order valence-corrected chi connectivity index (χ1v) is 6.37. The van der Waals surface area contributed by atoms with Gasteiger partial charge < -0.3 is 5.11 Å². The lowest BCUT2D eigenvalue weighted by Crippen LogP contribution is -1.96. The Balaban J connectivity index is 2.68. The van der Waals surface area contributed by atoms with Crippen molar-refractivity contribution in [1.29, 1.82) is 0 Å². The standard InChI is InChI=1S/C17H18O2/c1-11-5-4-6-12(2)17(11)16-8-14(10-18)7-15(9-16)13(3)19/h4-10,13,19H,1-3H3. The Bertz CT molecular complexity index is 592. The van der Waals surface area contributed by atoms with Gasteiger partial charge in [-0.25, -0.2) is 0 Å². The molecule has 0 amide bonds. The summed E-state index contributed by atoms with van der Waals surface area (Å²) in [6.45, 7) is 5.81. The molecule has 0 aliphatic heterocycles. The van der Waals surface area contributed by atoms with Crippen LogP contribution in [-0.4, -0.2) is 11.4 Å². The minimum absolute atomic E-state index is 0.581. The zero-order valence-corrected chi connectivity index (χ0v) is 11.5. The third-order valence-corrected chi connectivity index (χ3v) is 3.37. The van der Waals surface area contributed by atoms with Crippen LogP contribution in [-0.2, 0) is 0 Å². The summed E-state index contributed by atoms with van der Waals surface area (Å²) >= 11 is 0. The maximum atomic E-state index is 11.1. The molecule has 2 heteroatoms. The van der Waals surface area contributed by atoms with Gasteiger partial charge in [0.15, 0.2) is 0 Å². The zero-order chi connectivity index (χ0) is 14.0. The second kappa shape index (κ2) is 5.37. The van der Waals surface area contributed by atoms with E-state index < -0.39 is 6.10 Å². The maximum Gasteiger partial charge on any atom is 0.150 e. The van der Waals surface area contributed by atoms with Crippen LogP contribution in [0.3, 0.4) is 0 Å². The molecule has 0 aliphatic carbocycles. The number of hydrogen-bond donors (Lipinski definition) is 1. The molecule has 2 aromatic carbocycles. The molecule has 0 bridgehead atoms. The van der Waals surface area contributed by atoms with Crippen LogP contribution < -0.4 is 0 Å². The van der Waals surface area contributed by atoms with Crippen molar-refractivity contribution in [2.45, 2.75) is 26.9 Å². The number of carbonyl (C=O) groups is 1. The Hall–Kier alpha value is -1.93. The van der Waals surface area contributed by atoms with Crippen LogP contribution in [0.1, 0.15) is 40.1 Å². The smallest absolute Gasteiger partial charge is 0.150 e. The number of aryl methyl sites for hydroxylation is 2. The minimum Gasteiger partial charge on any atom is -0.389 e. The molecule has 0 fully saturated rings. The molecule has 0 saturated carbocycles. The summed E-state index contributed by atoms with van der Waals surface area (Å²) in [7, 11) is 0. The van der Waals surface area contributed by atoms with E-state index in [-0.39, 0.29) is 0 Å². The second-order valence-corrected chi connectivity index (χ2v) is 4.95. The molecule has 1 N–H and O–H groups in total. The highest BCUT2D eigenvalue weighted by Crippen LogP contribution is 2.30. The number of aliphatic hydroxyl groups excluding tert-OH is 1. The molecular weight excluding hydrogens is 236 g/mol. The fourth-order valence-corrected chi connectivity index (χ4v) is 2.40. The highest BCUT2D eigenvalue weighted by atomic mass is 16.3. The quantitative estimate of drug-likeness (QED) is 0.845. The maximum absolute atomic E-state index is 11.1. The van der Waals surface area contributed by atoms with E-state index in [2.05, 4.69) is 26.0 Å². The Kier molecular flexibility index (Phi) is 3.82. The largest absolute Gasteiger partial charge is 0.389 e. The number of carbonyl (C=O) groups excluding carboxylic acids is 1. The van der Waals surface area contributed by atoms with Gasteiger partial charge in [0.2, 0.25) is 0 Å². The lowest BCUT2D eigenvalue weighted by Gasteiger charge is -2.13. The van der Waals surface area contributed by atoms with Crippen LogP contribution in [0.25, 0.3) is 11.1 Å². The van der Waals surface area contributed by atoms with Crippen LogP contribution in [0.5, 0.6) is 0 Å². The molecule has 0 aliphatic rings. The van der Waals surface area contributed by atoms with Gasteiger partial charge in [-0.2, -0.15) is 0 Å². The summed E-state index contributed by atoms with van der Waals surface area (Å²) in [6.07, 6.45) is 0.242. The molecule has 2 aromatic rings. The van der Waals surface area contributed by atoms with Crippen molar-refractivity contribution in [3.63, 3.8) is 0 Å². The molecule has 0 saturated heterocycles. The number of benzene rings is 2. The summed E-state index contributed by atoms with van der Waals surface area (Å²) < 4.78 is 0. The van der Waals surface area contributed by atoms with E-state index in [1.165, 1.54) is 11.1 Å². The van der Waals surface area contributed by atoms with Gasteiger partial charge >= 0.3 is 0 Å². The summed E-state index contributed by atoms with van der Waals surface area (Å²) in [5.74, 6) is 0. The van der Waals surface area contributed by atoms with Gasteiger partial charge in [0.1, 0.15) is 6.29 Å². The molecule has 2 nitrogen and oxygen atoms in total. The molecule has 0 heterocycles.